The number of nitrogens with zero attached hydrogens (tertiary/aromatic N) is 1. The lowest BCUT2D eigenvalue weighted by molar-refractivity contribution is 0.131. The zero-order chi connectivity index (χ0) is 14.4. The third-order valence-corrected chi connectivity index (χ3v) is 4.53. The van der Waals surface area contributed by atoms with Gasteiger partial charge in [-0.1, -0.05) is 13.3 Å². The number of nitrogens with one attached hydrogen (secondary N) is 3. The molecule has 1 saturated carbocycles. The molecule has 20 heavy (non-hydrogen) atoms. The first kappa shape index (κ1) is 19.9. The highest BCUT2D eigenvalue weighted by molar-refractivity contribution is 14.0. The van der Waals surface area contributed by atoms with Crippen molar-refractivity contribution in [3.8, 4) is 0 Å². The van der Waals surface area contributed by atoms with Gasteiger partial charge in [-0.15, -0.1) is 24.0 Å². The Morgan fingerprint density at radius 2 is 1.90 bits per heavy atom. The standard InChI is InChI=1S/C12H26N4O2S.HI/c1-4-12(6-5-7-12)10-15-11(13-2)14-8-9-16-19(3,17)18;/h16H,4-10H2,1-3H3,(H2,13,14,15);1H. The smallest absolute Gasteiger partial charge is 0.208 e. The molecular weight excluding hydrogens is 391 g/mol. The zero-order valence-corrected chi connectivity index (χ0v) is 15.7. The number of halogens is 1. The molecule has 120 valence electrons. The van der Waals surface area contributed by atoms with Crippen molar-refractivity contribution in [1.29, 1.82) is 0 Å². The van der Waals surface area contributed by atoms with E-state index in [0.717, 1.165) is 18.8 Å². The Kier molecular flexibility index (Phi) is 8.99. The topological polar surface area (TPSA) is 82.6 Å². The largest absolute Gasteiger partial charge is 0.356 e. The van der Waals surface area contributed by atoms with Crippen LogP contribution in [0.15, 0.2) is 4.99 Å². The first-order chi connectivity index (χ1) is 8.91. The summed E-state index contributed by atoms with van der Waals surface area (Å²) in [6.07, 6.45) is 6.22. The Balaban J connectivity index is 0.00000361. The summed E-state index contributed by atoms with van der Waals surface area (Å²) < 4.78 is 24.2. The van der Waals surface area contributed by atoms with Crippen LogP contribution < -0.4 is 15.4 Å². The minimum atomic E-state index is -3.11. The average molecular weight is 418 g/mol. The summed E-state index contributed by atoms with van der Waals surface area (Å²) in [6, 6.07) is 0. The molecule has 8 heteroatoms. The molecule has 0 unspecified atom stereocenters. The molecule has 0 bridgehead atoms. The number of aliphatic imine (C=N–C) groups is 1. The number of guanidine groups is 1. The molecule has 0 atom stereocenters. The van der Waals surface area contributed by atoms with Gasteiger partial charge in [0.2, 0.25) is 10.0 Å². The molecule has 0 spiro atoms. The Morgan fingerprint density at radius 3 is 2.30 bits per heavy atom. The van der Waals surface area contributed by atoms with Crippen molar-refractivity contribution >= 4 is 40.0 Å². The van der Waals surface area contributed by atoms with Crippen molar-refractivity contribution < 1.29 is 8.42 Å². The predicted molar refractivity (Wildman–Crippen MR) is 94.2 cm³/mol. The van der Waals surface area contributed by atoms with Gasteiger partial charge >= 0.3 is 0 Å². The normalized spacial score (nSPS) is 17.9. The maximum atomic E-state index is 10.9. The Morgan fingerprint density at radius 1 is 1.25 bits per heavy atom. The van der Waals surface area contributed by atoms with E-state index in [1.807, 2.05) is 0 Å². The molecule has 0 aliphatic heterocycles. The third kappa shape index (κ3) is 7.07. The van der Waals surface area contributed by atoms with Gasteiger partial charge in [-0.25, -0.2) is 13.1 Å². The maximum absolute atomic E-state index is 10.9. The fraction of sp³-hybridized carbons (Fsp3) is 0.917. The van der Waals surface area contributed by atoms with Crippen molar-refractivity contribution in [2.45, 2.75) is 32.6 Å². The van der Waals surface area contributed by atoms with Gasteiger partial charge in [0, 0.05) is 26.7 Å². The summed E-state index contributed by atoms with van der Waals surface area (Å²) in [5.41, 5.74) is 0.433. The van der Waals surface area contributed by atoms with Crippen LogP contribution in [-0.2, 0) is 10.0 Å². The van der Waals surface area contributed by atoms with Gasteiger partial charge in [0.05, 0.1) is 6.26 Å². The first-order valence-electron chi connectivity index (χ1n) is 6.80. The van der Waals surface area contributed by atoms with Gasteiger partial charge in [0.15, 0.2) is 5.96 Å². The van der Waals surface area contributed by atoms with E-state index < -0.39 is 10.0 Å². The van der Waals surface area contributed by atoms with Crippen LogP contribution in [0.3, 0.4) is 0 Å². The Bertz CT molecular complexity index is 402. The van der Waals surface area contributed by atoms with Crippen LogP contribution in [0.1, 0.15) is 32.6 Å². The van der Waals surface area contributed by atoms with Crippen LogP contribution in [0.5, 0.6) is 0 Å². The second kappa shape index (κ2) is 9.04. The zero-order valence-electron chi connectivity index (χ0n) is 12.5. The van der Waals surface area contributed by atoms with E-state index in [0.29, 0.717) is 18.5 Å². The summed E-state index contributed by atoms with van der Waals surface area (Å²) in [7, 11) is -1.39. The van der Waals surface area contributed by atoms with Crippen LogP contribution >= 0.6 is 24.0 Å². The van der Waals surface area contributed by atoms with E-state index in [1.165, 1.54) is 25.7 Å². The molecule has 1 aliphatic rings. The number of rotatable bonds is 7. The van der Waals surface area contributed by atoms with E-state index in [4.69, 9.17) is 0 Å². The highest BCUT2D eigenvalue weighted by Crippen LogP contribution is 2.42. The summed E-state index contributed by atoms with van der Waals surface area (Å²) in [6.45, 7) is 4.04. The monoisotopic (exact) mass is 418 g/mol. The lowest BCUT2D eigenvalue weighted by Gasteiger charge is -2.41. The molecule has 0 radical (unpaired) electrons. The van der Waals surface area contributed by atoms with Gasteiger partial charge < -0.3 is 10.6 Å². The van der Waals surface area contributed by atoms with Crippen molar-refractivity contribution in [3.63, 3.8) is 0 Å². The molecule has 0 aromatic rings. The van der Waals surface area contributed by atoms with Crippen LogP contribution in [-0.4, -0.2) is 47.3 Å². The second-order valence-electron chi connectivity index (χ2n) is 5.23. The lowest BCUT2D eigenvalue weighted by Crippen LogP contribution is -2.47. The van der Waals surface area contributed by atoms with Gasteiger partial charge in [-0.3, -0.25) is 4.99 Å². The molecule has 0 aromatic heterocycles. The third-order valence-electron chi connectivity index (χ3n) is 3.80. The van der Waals surface area contributed by atoms with Crippen LogP contribution in [0, 0.1) is 5.41 Å². The van der Waals surface area contributed by atoms with E-state index in [-0.39, 0.29) is 24.0 Å². The summed E-state index contributed by atoms with van der Waals surface area (Å²) >= 11 is 0. The van der Waals surface area contributed by atoms with Crippen molar-refractivity contribution in [2.75, 3.05) is 32.9 Å². The first-order valence-corrected chi connectivity index (χ1v) is 8.69. The molecule has 1 aliphatic carbocycles. The summed E-state index contributed by atoms with van der Waals surface area (Å²) in [5, 5.41) is 6.42. The van der Waals surface area contributed by atoms with Crippen LogP contribution in [0.2, 0.25) is 0 Å². The molecule has 0 heterocycles. The SMILES string of the molecule is CCC1(CNC(=NC)NCCNS(C)(=O)=O)CCC1.I. The highest BCUT2D eigenvalue weighted by Gasteiger charge is 2.34. The highest BCUT2D eigenvalue weighted by atomic mass is 127. The molecular formula is C12H27IN4O2S. The summed E-state index contributed by atoms with van der Waals surface area (Å²) in [4.78, 5) is 4.13. The molecule has 0 aromatic carbocycles. The van der Waals surface area contributed by atoms with Crippen molar-refractivity contribution in [1.82, 2.24) is 15.4 Å². The van der Waals surface area contributed by atoms with Crippen molar-refractivity contribution in [2.24, 2.45) is 10.4 Å². The average Bonchev–Trinajstić information content (AvgIpc) is 2.29. The molecule has 0 saturated heterocycles. The Hall–Kier alpha value is -0.0900. The van der Waals surface area contributed by atoms with Crippen LogP contribution in [0.25, 0.3) is 0 Å². The van der Waals surface area contributed by atoms with Gasteiger partial charge in [-0.2, -0.15) is 0 Å². The quantitative estimate of drug-likeness (QED) is 0.248. The second-order valence-corrected chi connectivity index (χ2v) is 7.06. The fourth-order valence-corrected chi connectivity index (χ4v) is 2.71. The van der Waals surface area contributed by atoms with E-state index in [1.54, 1.807) is 7.05 Å². The molecule has 6 nitrogen and oxygen atoms in total. The minimum absolute atomic E-state index is 0. The summed E-state index contributed by atoms with van der Waals surface area (Å²) in [5.74, 6) is 0.732. The lowest BCUT2D eigenvalue weighted by atomic mass is 9.67. The van der Waals surface area contributed by atoms with Gasteiger partial charge in [-0.05, 0) is 24.7 Å². The molecule has 0 amide bonds. The molecule has 3 N–H and O–H groups in total. The molecule has 1 fully saturated rings. The predicted octanol–water partition coefficient (Wildman–Crippen LogP) is 0.899. The molecule has 1 rings (SSSR count). The van der Waals surface area contributed by atoms with E-state index in [2.05, 4.69) is 27.3 Å². The number of hydrogen-bond donors (Lipinski definition) is 3. The number of sulfonamides is 1. The van der Waals surface area contributed by atoms with Crippen molar-refractivity contribution in [3.05, 3.63) is 0 Å². The van der Waals surface area contributed by atoms with Crippen LogP contribution in [0.4, 0.5) is 0 Å². The maximum Gasteiger partial charge on any atom is 0.208 e. The van der Waals surface area contributed by atoms with Gasteiger partial charge in [0.1, 0.15) is 0 Å². The fourth-order valence-electron chi connectivity index (χ4n) is 2.24. The minimum Gasteiger partial charge on any atom is -0.356 e. The van der Waals surface area contributed by atoms with Gasteiger partial charge in [0.25, 0.3) is 0 Å². The number of hydrogen-bond acceptors (Lipinski definition) is 3. The van der Waals surface area contributed by atoms with E-state index >= 15 is 0 Å². The Labute approximate surface area is 139 Å². The van der Waals surface area contributed by atoms with E-state index in [9.17, 15) is 8.42 Å².